The molecule has 1 aromatic heterocycles. The molecule has 0 saturated heterocycles. The number of Topliss-reactive ketones (excluding diaryl/α,β-unsaturated/α-hetero) is 3. The second-order valence-electron chi connectivity index (χ2n) is 4.68. The second-order valence-corrected chi connectivity index (χ2v) is 6.27. The van der Waals surface area contributed by atoms with E-state index in [0.29, 0.717) is 11.3 Å². The van der Waals surface area contributed by atoms with Gasteiger partial charge in [-0.3, -0.25) is 14.4 Å². The van der Waals surface area contributed by atoms with E-state index in [1.54, 1.807) is 20.8 Å². The third-order valence-corrected chi connectivity index (χ3v) is 5.05. The van der Waals surface area contributed by atoms with Crippen molar-refractivity contribution in [3.8, 4) is 0 Å². The minimum Gasteiger partial charge on any atom is -0.355 e. The van der Waals surface area contributed by atoms with Crippen molar-refractivity contribution in [3.05, 3.63) is 31.5 Å². The van der Waals surface area contributed by atoms with E-state index in [1.807, 2.05) is 0 Å². The average molecular weight is 389 g/mol. The highest BCUT2D eigenvalue weighted by atomic mass is 79.9. The molecule has 100 valence electrons. The monoisotopic (exact) mass is 387 g/mol. The number of rotatable bonds is 2. The molecule has 0 atom stereocenters. The zero-order chi connectivity index (χ0) is 14.5. The lowest BCUT2D eigenvalue weighted by Crippen LogP contribution is -2.20. The minimum atomic E-state index is -0.352. The highest BCUT2D eigenvalue weighted by Gasteiger charge is 2.36. The Morgan fingerprint density at radius 3 is 2.16 bits per heavy atom. The second kappa shape index (κ2) is 4.83. The van der Waals surface area contributed by atoms with Crippen LogP contribution in [0.2, 0.25) is 0 Å². The van der Waals surface area contributed by atoms with E-state index in [4.69, 9.17) is 0 Å². The third-order valence-electron chi connectivity index (χ3n) is 3.00. The van der Waals surface area contributed by atoms with Gasteiger partial charge in [-0.2, -0.15) is 0 Å². The molecule has 19 heavy (non-hydrogen) atoms. The third kappa shape index (κ3) is 2.07. The summed E-state index contributed by atoms with van der Waals surface area (Å²) in [7, 11) is 0. The Labute approximate surface area is 126 Å². The van der Waals surface area contributed by atoms with E-state index in [1.165, 1.54) is 0 Å². The number of aromatic amines is 1. The van der Waals surface area contributed by atoms with Crippen LogP contribution in [0.5, 0.6) is 0 Å². The summed E-state index contributed by atoms with van der Waals surface area (Å²) in [5.41, 5.74) is 1.23. The van der Waals surface area contributed by atoms with Crippen molar-refractivity contribution in [2.24, 2.45) is 5.92 Å². The van der Waals surface area contributed by atoms with Crippen LogP contribution in [-0.4, -0.2) is 22.3 Å². The number of carbonyl (C=O) groups excluding carboxylic acids is 3. The van der Waals surface area contributed by atoms with Gasteiger partial charge in [0.25, 0.3) is 0 Å². The fourth-order valence-electron chi connectivity index (χ4n) is 2.04. The molecule has 4 nitrogen and oxygen atoms in total. The first-order valence-electron chi connectivity index (χ1n) is 5.68. The zero-order valence-electron chi connectivity index (χ0n) is 10.6. The van der Waals surface area contributed by atoms with E-state index in [9.17, 15) is 14.4 Å². The first-order chi connectivity index (χ1) is 8.77. The van der Waals surface area contributed by atoms with Gasteiger partial charge < -0.3 is 4.98 Å². The lowest BCUT2D eigenvalue weighted by atomic mass is 9.92. The maximum atomic E-state index is 12.3. The molecule has 0 fully saturated rings. The van der Waals surface area contributed by atoms with Gasteiger partial charge in [-0.15, -0.1) is 0 Å². The number of carbonyl (C=O) groups is 3. The van der Waals surface area contributed by atoms with Crippen molar-refractivity contribution in [1.82, 2.24) is 4.98 Å². The minimum absolute atomic E-state index is 0.144. The highest BCUT2D eigenvalue weighted by molar-refractivity contribution is 9.14. The van der Waals surface area contributed by atoms with Gasteiger partial charge in [-0.25, -0.2) is 0 Å². The number of aryl methyl sites for hydroxylation is 1. The number of H-pyrrole nitrogens is 1. The van der Waals surface area contributed by atoms with E-state index in [2.05, 4.69) is 36.8 Å². The molecule has 0 bridgehead atoms. The SMILES string of the molecule is Cc1[nH]c2c(c1C(=O)C(C)C)C(=O)C(Br)=C(Br)C2=O. The Kier molecular flexibility index (Phi) is 3.66. The summed E-state index contributed by atoms with van der Waals surface area (Å²) in [6.45, 7) is 5.21. The van der Waals surface area contributed by atoms with Gasteiger partial charge in [0, 0.05) is 11.6 Å². The van der Waals surface area contributed by atoms with Crippen LogP contribution in [0, 0.1) is 12.8 Å². The molecule has 1 N–H and O–H groups in total. The molecule has 6 heteroatoms. The topological polar surface area (TPSA) is 67.0 Å². The Balaban J connectivity index is 2.74. The van der Waals surface area contributed by atoms with Crippen molar-refractivity contribution in [2.75, 3.05) is 0 Å². The number of allylic oxidation sites excluding steroid dienone is 2. The van der Waals surface area contributed by atoms with Crippen LogP contribution in [0.1, 0.15) is 50.7 Å². The average Bonchev–Trinajstić information content (AvgIpc) is 2.70. The highest BCUT2D eigenvalue weighted by Crippen LogP contribution is 2.36. The molecule has 1 heterocycles. The van der Waals surface area contributed by atoms with Gasteiger partial charge in [0.15, 0.2) is 5.78 Å². The number of aromatic nitrogens is 1. The zero-order valence-corrected chi connectivity index (χ0v) is 13.7. The number of hydrogen-bond donors (Lipinski definition) is 1. The predicted molar refractivity (Wildman–Crippen MR) is 78.2 cm³/mol. The summed E-state index contributed by atoms with van der Waals surface area (Å²) in [4.78, 5) is 39.4. The fraction of sp³-hybridized carbons (Fsp3) is 0.308. The Hall–Kier alpha value is -1.01. The van der Waals surface area contributed by atoms with Crippen molar-refractivity contribution in [3.63, 3.8) is 0 Å². The van der Waals surface area contributed by atoms with E-state index in [-0.39, 0.29) is 43.5 Å². The first kappa shape index (κ1) is 14.4. The molecule has 0 unspecified atom stereocenters. The normalized spacial score (nSPS) is 15.3. The molecule has 1 aliphatic rings. The van der Waals surface area contributed by atoms with Gasteiger partial charge >= 0.3 is 0 Å². The van der Waals surface area contributed by atoms with Crippen molar-refractivity contribution >= 4 is 49.2 Å². The van der Waals surface area contributed by atoms with Crippen LogP contribution in [0.3, 0.4) is 0 Å². The molecule has 0 spiro atoms. The summed E-state index contributed by atoms with van der Waals surface area (Å²) in [5.74, 6) is -1.06. The molecular weight excluding hydrogens is 378 g/mol. The Morgan fingerprint density at radius 2 is 1.63 bits per heavy atom. The van der Waals surface area contributed by atoms with Crippen LogP contribution in [0.15, 0.2) is 8.96 Å². The lowest BCUT2D eigenvalue weighted by molar-refractivity contribution is 0.0928. The van der Waals surface area contributed by atoms with Crippen LogP contribution >= 0.6 is 31.9 Å². The van der Waals surface area contributed by atoms with Crippen molar-refractivity contribution < 1.29 is 14.4 Å². The van der Waals surface area contributed by atoms with Gasteiger partial charge in [-0.1, -0.05) is 13.8 Å². The molecule has 0 saturated carbocycles. The summed E-state index contributed by atoms with van der Waals surface area (Å²) in [6.07, 6.45) is 0. The van der Waals surface area contributed by atoms with E-state index >= 15 is 0 Å². The fourth-order valence-corrected chi connectivity index (χ4v) is 2.79. The van der Waals surface area contributed by atoms with Gasteiger partial charge in [-0.05, 0) is 38.8 Å². The molecule has 0 amide bonds. The first-order valence-corrected chi connectivity index (χ1v) is 7.27. The number of ketones is 3. The smallest absolute Gasteiger partial charge is 0.218 e. The van der Waals surface area contributed by atoms with Crippen molar-refractivity contribution in [2.45, 2.75) is 20.8 Å². The molecular formula is C13H11Br2NO3. The van der Waals surface area contributed by atoms with Gasteiger partial charge in [0.1, 0.15) is 0 Å². The Bertz CT molecular complexity index is 653. The van der Waals surface area contributed by atoms with Crippen LogP contribution in [0.25, 0.3) is 0 Å². The molecule has 1 aromatic rings. The maximum absolute atomic E-state index is 12.3. The molecule has 0 aliphatic heterocycles. The predicted octanol–water partition coefficient (Wildman–Crippen LogP) is 3.54. The Morgan fingerprint density at radius 1 is 1.11 bits per heavy atom. The standard InChI is InChI=1S/C13H11Br2NO3/c1-4(2)11(17)6-5(3)16-10-7(6)12(18)8(14)9(15)13(10)19/h4,16H,1-3H3. The number of halogens is 2. The summed E-state index contributed by atoms with van der Waals surface area (Å²) < 4.78 is 0.330. The van der Waals surface area contributed by atoms with E-state index in [0.717, 1.165) is 0 Å². The van der Waals surface area contributed by atoms with Crippen molar-refractivity contribution in [1.29, 1.82) is 0 Å². The van der Waals surface area contributed by atoms with Gasteiger partial charge in [0.05, 0.1) is 25.8 Å². The molecule has 1 aliphatic carbocycles. The lowest BCUT2D eigenvalue weighted by Gasteiger charge is -2.12. The quantitative estimate of drug-likeness (QED) is 0.788. The van der Waals surface area contributed by atoms with Gasteiger partial charge in [0.2, 0.25) is 11.6 Å². The molecule has 0 aromatic carbocycles. The number of nitrogens with one attached hydrogen (secondary N) is 1. The van der Waals surface area contributed by atoms with Crippen LogP contribution < -0.4 is 0 Å². The number of fused-ring (bicyclic) bond motifs is 1. The number of hydrogen-bond acceptors (Lipinski definition) is 3. The molecule has 0 radical (unpaired) electrons. The summed E-state index contributed by atoms with van der Waals surface area (Å²) in [5, 5.41) is 0. The summed E-state index contributed by atoms with van der Waals surface area (Å²) in [6, 6.07) is 0. The van der Waals surface area contributed by atoms with Crippen LogP contribution in [0.4, 0.5) is 0 Å². The summed E-state index contributed by atoms with van der Waals surface area (Å²) >= 11 is 6.18. The van der Waals surface area contributed by atoms with Crippen LogP contribution in [-0.2, 0) is 0 Å². The van der Waals surface area contributed by atoms with E-state index < -0.39 is 0 Å². The maximum Gasteiger partial charge on any atom is 0.218 e. The molecule has 2 rings (SSSR count). The largest absolute Gasteiger partial charge is 0.355 e.